The zero-order chi connectivity index (χ0) is 24.1. The molecular formula is C27H32N2O5. The molecule has 7 heteroatoms. The molecular weight excluding hydrogens is 432 g/mol. The maximum absolute atomic E-state index is 12.9. The lowest BCUT2D eigenvalue weighted by Gasteiger charge is -2.30. The fourth-order valence-corrected chi connectivity index (χ4v) is 5.22. The number of carboxylic acid groups (broad SMARTS) is 1. The van der Waals surface area contributed by atoms with Gasteiger partial charge in [-0.1, -0.05) is 74.7 Å². The van der Waals surface area contributed by atoms with Crippen molar-refractivity contribution in [3.63, 3.8) is 0 Å². The summed E-state index contributed by atoms with van der Waals surface area (Å²) < 4.78 is 5.59. The van der Waals surface area contributed by atoms with Gasteiger partial charge in [0.1, 0.15) is 12.6 Å². The zero-order valence-corrected chi connectivity index (χ0v) is 19.5. The van der Waals surface area contributed by atoms with E-state index in [1.54, 1.807) is 0 Å². The first-order valence-electron chi connectivity index (χ1n) is 12.1. The van der Waals surface area contributed by atoms with E-state index in [0.717, 1.165) is 35.1 Å². The first kappa shape index (κ1) is 23.8. The largest absolute Gasteiger partial charge is 0.481 e. The van der Waals surface area contributed by atoms with Crippen molar-refractivity contribution in [2.75, 3.05) is 6.61 Å². The summed E-state index contributed by atoms with van der Waals surface area (Å²) in [6, 6.07) is 15.0. The SMILES string of the molecule is CCC[C@@H](NC(=O)OCC1c2ccccc2-c2ccccc21)C(=O)NC1CCCCC1C(=O)O. The van der Waals surface area contributed by atoms with E-state index in [1.807, 2.05) is 31.2 Å². The molecule has 3 N–H and O–H groups in total. The number of rotatable bonds is 8. The molecule has 2 aliphatic rings. The number of alkyl carbamates (subject to hydrolysis) is 1. The van der Waals surface area contributed by atoms with E-state index < -0.39 is 30.1 Å². The van der Waals surface area contributed by atoms with Crippen LogP contribution in [0.15, 0.2) is 48.5 Å². The molecule has 0 heterocycles. The van der Waals surface area contributed by atoms with Crippen LogP contribution < -0.4 is 10.6 Å². The molecule has 0 saturated heterocycles. The normalized spacial score (nSPS) is 20.0. The van der Waals surface area contributed by atoms with Gasteiger partial charge >= 0.3 is 12.1 Å². The molecule has 2 unspecified atom stereocenters. The summed E-state index contributed by atoms with van der Waals surface area (Å²) in [5, 5.41) is 15.1. The Morgan fingerprint density at radius 2 is 1.62 bits per heavy atom. The molecule has 2 amide bonds. The Balaban J connectivity index is 1.38. The summed E-state index contributed by atoms with van der Waals surface area (Å²) in [4.78, 5) is 37.2. The van der Waals surface area contributed by atoms with Gasteiger partial charge in [0.2, 0.25) is 5.91 Å². The molecule has 1 saturated carbocycles. The van der Waals surface area contributed by atoms with E-state index in [-0.39, 0.29) is 18.4 Å². The van der Waals surface area contributed by atoms with E-state index in [1.165, 1.54) is 0 Å². The molecule has 0 radical (unpaired) electrons. The van der Waals surface area contributed by atoms with E-state index in [0.29, 0.717) is 25.7 Å². The van der Waals surface area contributed by atoms with Crippen LogP contribution in [-0.4, -0.2) is 41.8 Å². The Hall–Kier alpha value is -3.35. The minimum absolute atomic E-state index is 0.0600. The van der Waals surface area contributed by atoms with Gasteiger partial charge in [-0.15, -0.1) is 0 Å². The van der Waals surface area contributed by atoms with Gasteiger partial charge in [0.15, 0.2) is 0 Å². The molecule has 2 aromatic carbocycles. The molecule has 34 heavy (non-hydrogen) atoms. The predicted octanol–water partition coefficient (Wildman–Crippen LogP) is 4.45. The second kappa shape index (κ2) is 10.7. The number of fused-ring (bicyclic) bond motifs is 3. The Morgan fingerprint density at radius 3 is 2.24 bits per heavy atom. The van der Waals surface area contributed by atoms with E-state index in [2.05, 4.69) is 34.9 Å². The second-order valence-corrected chi connectivity index (χ2v) is 9.16. The monoisotopic (exact) mass is 464 g/mol. The highest BCUT2D eigenvalue weighted by Gasteiger charge is 2.34. The summed E-state index contributed by atoms with van der Waals surface area (Å²) in [5.41, 5.74) is 4.54. The van der Waals surface area contributed by atoms with Crippen LogP contribution in [0.2, 0.25) is 0 Å². The van der Waals surface area contributed by atoms with Gasteiger partial charge in [-0.25, -0.2) is 4.79 Å². The molecule has 2 aliphatic carbocycles. The maximum atomic E-state index is 12.9. The number of hydrogen-bond acceptors (Lipinski definition) is 4. The number of hydrogen-bond donors (Lipinski definition) is 3. The molecule has 0 aliphatic heterocycles. The summed E-state index contributed by atoms with van der Waals surface area (Å²) in [5.74, 6) is -1.89. The summed E-state index contributed by atoms with van der Waals surface area (Å²) in [6.07, 6.45) is 3.40. The fourth-order valence-electron chi connectivity index (χ4n) is 5.22. The number of nitrogens with one attached hydrogen (secondary N) is 2. The van der Waals surface area contributed by atoms with Crippen molar-refractivity contribution in [1.82, 2.24) is 10.6 Å². The van der Waals surface area contributed by atoms with E-state index >= 15 is 0 Å². The van der Waals surface area contributed by atoms with E-state index in [9.17, 15) is 19.5 Å². The van der Waals surface area contributed by atoms with Crippen molar-refractivity contribution in [2.24, 2.45) is 5.92 Å². The van der Waals surface area contributed by atoms with Crippen LogP contribution in [0, 0.1) is 5.92 Å². The number of benzene rings is 2. The van der Waals surface area contributed by atoms with Gasteiger partial charge in [-0.3, -0.25) is 9.59 Å². The number of carbonyl (C=O) groups is 3. The van der Waals surface area contributed by atoms with Crippen molar-refractivity contribution in [3.8, 4) is 11.1 Å². The van der Waals surface area contributed by atoms with E-state index in [4.69, 9.17) is 4.74 Å². The molecule has 0 bridgehead atoms. The molecule has 4 rings (SSSR count). The van der Waals surface area contributed by atoms with Crippen LogP contribution in [0.25, 0.3) is 11.1 Å². The first-order chi connectivity index (χ1) is 16.5. The van der Waals surface area contributed by atoms with Gasteiger partial charge in [-0.05, 0) is 41.5 Å². The lowest BCUT2D eigenvalue weighted by atomic mass is 9.84. The highest BCUT2D eigenvalue weighted by atomic mass is 16.5. The van der Waals surface area contributed by atoms with Gasteiger partial charge < -0.3 is 20.5 Å². The van der Waals surface area contributed by atoms with Crippen molar-refractivity contribution in [2.45, 2.75) is 63.5 Å². The zero-order valence-electron chi connectivity index (χ0n) is 19.5. The van der Waals surface area contributed by atoms with Gasteiger partial charge in [-0.2, -0.15) is 0 Å². The van der Waals surface area contributed by atoms with Crippen molar-refractivity contribution in [1.29, 1.82) is 0 Å². The summed E-state index contributed by atoms with van der Waals surface area (Å²) >= 11 is 0. The number of carbonyl (C=O) groups excluding carboxylic acids is 2. The van der Waals surface area contributed by atoms with Crippen LogP contribution in [0.5, 0.6) is 0 Å². The Labute approximate surface area is 199 Å². The Kier molecular flexibility index (Phi) is 7.50. The highest BCUT2D eigenvalue weighted by Crippen LogP contribution is 2.44. The van der Waals surface area contributed by atoms with Gasteiger partial charge in [0.05, 0.1) is 5.92 Å². The third-order valence-electron chi connectivity index (χ3n) is 6.94. The molecule has 1 fully saturated rings. The van der Waals surface area contributed by atoms with Crippen molar-refractivity contribution < 1.29 is 24.2 Å². The molecule has 0 spiro atoms. The molecule has 7 nitrogen and oxygen atoms in total. The molecule has 180 valence electrons. The van der Waals surface area contributed by atoms with Gasteiger partial charge in [0.25, 0.3) is 0 Å². The van der Waals surface area contributed by atoms with Gasteiger partial charge in [0, 0.05) is 12.0 Å². The number of ether oxygens (including phenoxy) is 1. The highest BCUT2D eigenvalue weighted by molar-refractivity contribution is 5.86. The Bertz CT molecular complexity index is 1010. The van der Waals surface area contributed by atoms with Crippen LogP contribution in [-0.2, 0) is 14.3 Å². The Morgan fingerprint density at radius 1 is 1.00 bits per heavy atom. The van der Waals surface area contributed by atoms with Crippen LogP contribution in [0.3, 0.4) is 0 Å². The van der Waals surface area contributed by atoms with Crippen LogP contribution in [0.4, 0.5) is 4.79 Å². The quantitative estimate of drug-likeness (QED) is 0.535. The number of carboxylic acids is 1. The predicted molar refractivity (Wildman–Crippen MR) is 128 cm³/mol. The average molecular weight is 465 g/mol. The van der Waals surface area contributed by atoms with Crippen molar-refractivity contribution >= 4 is 18.0 Å². The standard InChI is InChI=1S/C27H32N2O5/c1-2-9-24(25(30)28-23-15-8-7-14-21(23)26(31)32)29-27(33)34-16-22-19-12-5-3-10-17(19)18-11-4-6-13-20(18)22/h3-6,10-13,21-24H,2,7-9,14-16H2,1H3,(H,28,30)(H,29,33)(H,31,32)/t21?,23?,24-/m1/s1. The average Bonchev–Trinajstić information content (AvgIpc) is 3.16. The second-order valence-electron chi connectivity index (χ2n) is 9.16. The lowest BCUT2D eigenvalue weighted by molar-refractivity contribution is -0.144. The topological polar surface area (TPSA) is 105 Å². The molecule has 2 aromatic rings. The molecule has 0 aromatic heterocycles. The minimum Gasteiger partial charge on any atom is -0.481 e. The minimum atomic E-state index is -0.887. The first-order valence-corrected chi connectivity index (χ1v) is 12.1. The number of aliphatic carboxylic acids is 1. The lowest BCUT2D eigenvalue weighted by Crippen LogP contribution is -2.53. The summed E-state index contributed by atoms with van der Waals surface area (Å²) in [7, 11) is 0. The number of amides is 2. The summed E-state index contributed by atoms with van der Waals surface area (Å²) in [6.45, 7) is 2.10. The van der Waals surface area contributed by atoms with Crippen molar-refractivity contribution in [3.05, 3.63) is 59.7 Å². The maximum Gasteiger partial charge on any atom is 0.407 e. The third-order valence-corrected chi connectivity index (χ3v) is 6.94. The fraction of sp³-hybridized carbons (Fsp3) is 0.444. The van der Waals surface area contributed by atoms with Crippen LogP contribution in [0.1, 0.15) is 62.5 Å². The third kappa shape index (κ3) is 5.08. The van der Waals surface area contributed by atoms with Crippen LogP contribution >= 0.6 is 0 Å². The smallest absolute Gasteiger partial charge is 0.407 e. The molecule has 3 atom stereocenters.